The summed E-state index contributed by atoms with van der Waals surface area (Å²) in [6, 6.07) is 7.29. The summed E-state index contributed by atoms with van der Waals surface area (Å²) in [5.41, 5.74) is 1.15. The van der Waals surface area contributed by atoms with Gasteiger partial charge in [-0.25, -0.2) is 4.79 Å². The van der Waals surface area contributed by atoms with Gasteiger partial charge in [0.15, 0.2) is 0 Å². The van der Waals surface area contributed by atoms with Crippen LogP contribution in [0.1, 0.15) is 12.5 Å². The van der Waals surface area contributed by atoms with E-state index >= 15 is 0 Å². The third-order valence-electron chi connectivity index (χ3n) is 2.36. The largest absolute Gasteiger partial charge is 0.467 e. The fourth-order valence-corrected chi connectivity index (χ4v) is 2.48. The molecule has 4 nitrogen and oxygen atoms in total. The van der Waals surface area contributed by atoms with Crippen LogP contribution in [-0.2, 0) is 14.3 Å². The highest BCUT2D eigenvalue weighted by Gasteiger charge is 2.20. The topological polar surface area (TPSA) is 55.4 Å². The smallest absolute Gasteiger partial charge is 0.329 e. The summed E-state index contributed by atoms with van der Waals surface area (Å²) in [5, 5.41) is 2.59. The summed E-state index contributed by atoms with van der Waals surface area (Å²) >= 11 is 1.53. The molecule has 0 aliphatic rings. The van der Waals surface area contributed by atoms with Gasteiger partial charge in [0.05, 0.1) is 7.11 Å². The van der Waals surface area contributed by atoms with Crippen molar-refractivity contribution in [1.29, 1.82) is 0 Å². The molecule has 0 aromatic heterocycles. The van der Waals surface area contributed by atoms with Gasteiger partial charge in [-0.15, -0.1) is 11.8 Å². The average molecular weight is 267 g/mol. The van der Waals surface area contributed by atoms with Crippen molar-refractivity contribution in [2.75, 3.05) is 12.9 Å². The van der Waals surface area contributed by atoms with E-state index in [1.165, 1.54) is 25.8 Å². The normalized spacial score (nSPS) is 11.7. The Morgan fingerprint density at radius 1 is 1.39 bits per heavy atom. The molecule has 1 N–H and O–H groups in total. The van der Waals surface area contributed by atoms with E-state index in [0.717, 1.165) is 10.5 Å². The van der Waals surface area contributed by atoms with Gasteiger partial charge in [0.1, 0.15) is 6.04 Å². The highest BCUT2D eigenvalue weighted by Crippen LogP contribution is 2.22. The number of methoxy groups -OCH3 is 1. The summed E-state index contributed by atoms with van der Waals surface area (Å²) in [7, 11) is 1.32. The van der Waals surface area contributed by atoms with Crippen LogP contribution in [0, 0.1) is 6.92 Å². The molecule has 0 aliphatic heterocycles. The fourth-order valence-electron chi connectivity index (χ4n) is 1.45. The molecule has 5 heteroatoms. The zero-order valence-corrected chi connectivity index (χ0v) is 11.5. The lowest BCUT2D eigenvalue weighted by atomic mass is 10.2. The van der Waals surface area contributed by atoms with Crippen LogP contribution in [0.2, 0.25) is 0 Å². The van der Waals surface area contributed by atoms with Crippen molar-refractivity contribution in [2.45, 2.75) is 24.8 Å². The predicted molar refractivity (Wildman–Crippen MR) is 71.5 cm³/mol. The van der Waals surface area contributed by atoms with Crippen molar-refractivity contribution in [3.8, 4) is 0 Å². The number of amides is 1. The van der Waals surface area contributed by atoms with Crippen LogP contribution < -0.4 is 5.32 Å². The molecule has 98 valence electrons. The molecule has 1 rings (SSSR count). The van der Waals surface area contributed by atoms with Gasteiger partial charge in [0.2, 0.25) is 5.91 Å². The number of aryl methyl sites for hydroxylation is 1. The molecule has 0 spiro atoms. The summed E-state index contributed by atoms with van der Waals surface area (Å²) < 4.78 is 4.66. The number of hydrogen-bond donors (Lipinski definition) is 1. The number of carbonyl (C=O) groups excluding carboxylic acids is 2. The molecule has 0 aliphatic carbocycles. The average Bonchev–Trinajstić information content (AvgIpc) is 2.34. The minimum Gasteiger partial charge on any atom is -0.467 e. The molecule has 1 unspecified atom stereocenters. The van der Waals surface area contributed by atoms with Crippen molar-refractivity contribution in [1.82, 2.24) is 5.32 Å². The van der Waals surface area contributed by atoms with Gasteiger partial charge in [-0.1, -0.05) is 18.2 Å². The van der Waals surface area contributed by atoms with Gasteiger partial charge in [0, 0.05) is 17.6 Å². The van der Waals surface area contributed by atoms with Crippen LogP contribution in [0.5, 0.6) is 0 Å². The number of carbonyl (C=O) groups is 2. The third kappa shape index (κ3) is 4.41. The quantitative estimate of drug-likeness (QED) is 0.652. The van der Waals surface area contributed by atoms with Crippen molar-refractivity contribution in [3.63, 3.8) is 0 Å². The molecule has 1 amide bonds. The first-order valence-corrected chi connectivity index (χ1v) is 6.56. The molecule has 1 aromatic carbocycles. The van der Waals surface area contributed by atoms with E-state index < -0.39 is 12.0 Å². The highest BCUT2D eigenvalue weighted by atomic mass is 32.2. The van der Waals surface area contributed by atoms with Gasteiger partial charge in [-0.05, 0) is 18.6 Å². The fraction of sp³-hybridized carbons (Fsp3) is 0.385. The number of esters is 1. The SMILES string of the molecule is COC(=O)C(CSc1ccccc1C)NC(C)=O. The maximum atomic E-state index is 11.5. The summed E-state index contributed by atoms with van der Waals surface area (Å²) in [6.45, 7) is 3.39. The molecular formula is C13H17NO3S. The Morgan fingerprint density at radius 2 is 2.06 bits per heavy atom. The number of ether oxygens (including phenoxy) is 1. The van der Waals surface area contributed by atoms with Crippen molar-refractivity contribution >= 4 is 23.6 Å². The summed E-state index contributed by atoms with van der Waals surface area (Å²) in [5.74, 6) is -0.209. The second-order valence-electron chi connectivity index (χ2n) is 3.85. The number of thioether (sulfide) groups is 1. The minimum absolute atomic E-state index is 0.240. The van der Waals surface area contributed by atoms with E-state index in [1.807, 2.05) is 31.2 Å². The molecular weight excluding hydrogens is 250 g/mol. The van der Waals surface area contributed by atoms with Crippen LogP contribution in [0.4, 0.5) is 0 Å². The van der Waals surface area contributed by atoms with E-state index in [2.05, 4.69) is 10.1 Å². The first-order chi connectivity index (χ1) is 8.54. The first-order valence-electron chi connectivity index (χ1n) is 5.58. The van der Waals surface area contributed by atoms with E-state index in [4.69, 9.17) is 0 Å². The van der Waals surface area contributed by atoms with Crippen LogP contribution in [0.25, 0.3) is 0 Å². The minimum atomic E-state index is -0.614. The van der Waals surface area contributed by atoms with Gasteiger partial charge >= 0.3 is 5.97 Å². The Bertz CT molecular complexity index is 434. The van der Waals surface area contributed by atoms with Gasteiger partial charge in [0.25, 0.3) is 0 Å². The molecule has 1 aromatic rings. The molecule has 0 saturated heterocycles. The number of nitrogens with one attached hydrogen (secondary N) is 1. The number of benzene rings is 1. The Balaban J connectivity index is 2.64. The zero-order chi connectivity index (χ0) is 13.5. The van der Waals surface area contributed by atoms with Gasteiger partial charge in [-0.2, -0.15) is 0 Å². The second kappa shape index (κ2) is 7.06. The van der Waals surface area contributed by atoms with Crippen LogP contribution >= 0.6 is 11.8 Å². The molecule has 18 heavy (non-hydrogen) atoms. The van der Waals surface area contributed by atoms with Gasteiger partial charge < -0.3 is 10.1 Å². The maximum Gasteiger partial charge on any atom is 0.329 e. The third-order valence-corrected chi connectivity index (χ3v) is 3.63. The molecule has 1 atom stereocenters. The van der Waals surface area contributed by atoms with Crippen molar-refractivity contribution < 1.29 is 14.3 Å². The van der Waals surface area contributed by atoms with Crippen LogP contribution in [-0.4, -0.2) is 30.8 Å². The highest BCUT2D eigenvalue weighted by molar-refractivity contribution is 7.99. The molecule has 0 bridgehead atoms. The van der Waals surface area contributed by atoms with Crippen LogP contribution in [0.15, 0.2) is 29.2 Å². The molecule has 0 saturated carbocycles. The second-order valence-corrected chi connectivity index (χ2v) is 4.91. The first kappa shape index (κ1) is 14.6. The Hall–Kier alpha value is -1.49. The van der Waals surface area contributed by atoms with E-state index in [-0.39, 0.29) is 5.91 Å². The lowest BCUT2D eigenvalue weighted by Gasteiger charge is -2.15. The summed E-state index contributed by atoms with van der Waals surface area (Å²) in [6.07, 6.45) is 0. The van der Waals surface area contributed by atoms with E-state index in [9.17, 15) is 9.59 Å². The number of rotatable bonds is 5. The Kier molecular flexibility index (Phi) is 5.71. The predicted octanol–water partition coefficient (Wildman–Crippen LogP) is 1.76. The Labute approximate surface area is 111 Å². The number of hydrogen-bond acceptors (Lipinski definition) is 4. The molecule has 0 heterocycles. The van der Waals surface area contributed by atoms with Crippen LogP contribution in [0.3, 0.4) is 0 Å². The molecule has 0 radical (unpaired) electrons. The van der Waals surface area contributed by atoms with E-state index in [0.29, 0.717) is 5.75 Å². The van der Waals surface area contributed by atoms with Crippen molar-refractivity contribution in [2.24, 2.45) is 0 Å². The van der Waals surface area contributed by atoms with E-state index in [1.54, 1.807) is 0 Å². The lowest BCUT2D eigenvalue weighted by Crippen LogP contribution is -2.42. The lowest BCUT2D eigenvalue weighted by molar-refractivity contribution is -0.144. The monoisotopic (exact) mass is 267 g/mol. The maximum absolute atomic E-state index is 11.5. The Morgan fingerprint density at radius 3 is 2.61 bits per heavy atom. The molecule has 0 fully saturated rings. The summed E-state index contributed by atoms with van der Waals surface area (Å²) in [4.78, 5) is 23.6. The van der Waals surface area contributed by atoms with Gasteiger partial charge in [-0.3, -0.25) is 4.79 Å². The standard InChI is InChI=1S/C13H17NO3S/c1-9-6-4-5-7-12(9)18-8-11(13(16)17-3)14-10(2)15/h4-7,11H,8H2,1-3H3,(H,14,15). The zero-order valence-electron chi connectivity index (χ0n) is 10.7. The van der Waals surface area contributed by atoms with Crippen molar-refractivity contribution in [3.05, 3.63) is 29.8 Å².